The van der Waals surface area contributed by atoms with Crippen molar-refractivity contribution in [3.63, 3.8) is 0 Å². The summed E-state index contributed by atoms with van der Waals surface area (Å²) in [4.78, 5) is 21.4. The highest BCUT2D eigenvalue weighted by Gasteiger charge is 2.22. The van der Waals surface area contributed by atoms with Crippen LogP contribution in [0.5, 0.6) is 0 Å². The van der Waals surface area contributed by atoms with Crippen LogP contribution < -0.4 is 4.72 Å². The van der Waals surface area contributed by atoms with E-state index in [0.29, 0.717) is 23.7 Å². The summed E-state index contributed by atoms with van der Waals surface area (Å²) < 4.78 is 27.7. The minimum absolute atomic E-state index is 0.0341. The second-order valence-electron chi connectivity index (χ2n) is 6.46. The van der Waals surface area contributed by atoms with Gasteiger partial charge in [0.1, 0.15) is 0 Å². The molecule has 10 heteroatoms. The number of hydrogen-bond acceptors (Lipinski definition) is 6. The molecule has 1 aromatic heterocycles. The normalized spacial score (nSPS) is 15.7. The number of sulfonamides is 1. The zero-order chi connectivity index (χ0) is 19.6. The van der Waals surface area contributed by atoms with E-state index in [0.717, 1.165) is 18.0 Å². The number of benzene rings is 1. The Kier molecular flexibility index (Phi) is 6.05. The van der Waals surface area contributed by atoms with Crippen molar-refractivity contribution in [1.29, 1.82) is 0 Å². The minimum Gasteiger partial charge on any atom is -0.340 e. The largest absolute Gasteiger partial charge is 0.340 e. The van der Waals surface area contributed by atoms with Gasteiger partial charge < -0.3 is 9.80 Å². The van der Waals surface area contributed by atoms with E-state index in [2.05, 4.69) is 14.6 Å². The summed E-state index contributed by atoms with van der Waals surface area (Å²) in [6.45, 7) is 4.79. The maximum atomic E-state index is 12.6. The maximum absolute atomic E-state index is 12.6. The summed E-state index contributed by atoms with van der Waals surface area (Å²) in [5.74, 6) is 0.0341. The fourth-order valence-corrected chi connectivity index (χ4v) is 5.35. The fourth-order valence-electron chi connectivity index (χ4n) is 2.80. The van der Waals surface area contributed by atoms with Crippen molar-refractivity contribution in [2.24, 2.45) is 0 Å². The lowest BCUT2D eigenvalue weighted by atomic mass is 10.2. The van der Waals surface area contributed by atoms with Gasteiger partial charge in [0, 0.05) is 42.3 Å². The highest BCUT2D eigenvalue weighted by Crippen LogP contribution is 2.27. The summed E-state index contributed by atoms with van der Waals surface area (Å²) in [6.07, 6.45) is 1.76. The average molecular weight is 429 g/mol. The Labute approximate surface area is 168 Å². The molecule has 27 heavy (non-hydrogen) atoms. The van der Waals surface area contributed by atoms with E-state index in [1.807, 2.05) is 11.9 Å². The van der Waals surface area contributed by atoms with E-state index in [1.54, 1.807) is 25.3 Å². The van der Waals surface area contributed by atoms with Gasteiger partial charge in [-0.1, -0.05) is 17.7 Å². The van der Waals surface area contributed by atoms with Crippen LogP contribution in [0, 0.1) is 6.92 Å². The molecule has 0 aliphatic carbocycles. The Balaban J connectivity index is 1.67. The molecular weight excluding hydrogens is 408 g/mol. The number of amides is 1. The summed E-state index contributed by atoms with van der Waals surface area (Å²) in [5, 5.41) is 0.617. The van der Waals surface area contributed by atoms with Gasteiger partial charge in [0.25, 0.3) is 10.0 Å². The number of halogens is 1. The van der Waals surface area contributed by atoms with E-state index in [-0.39, 0.29) is 22.4 Å². The lowest BCUT2D eigenvalue weighted by Crippen LogP contribution is -2.47. The van der Waals surface area contributed by atoms with Crippen molar-refractivity contribution in [2.75, 3.05) is 37.9 Å². The number of piperazine rings is 1. The number of nitrogens with zero attached hydrogens (tertiary/aromatic N) is 3. The molecule has 0 spiro atoms. The maximum Gasteiger partial charge on any atom is 0.263 e. The van der Waals surface area contributed by atoms with Gasteiger partial charge in [-0.15, -0.1) is 11.3 Å². The molecule has 1 aliphatic heterocycles. The summed E-state index contributed by atoms with van der Waals surface area (Å²) in [5.41, 5.74) is 0.480. The fraction of sp³-hybridized carbons (Fsp3) is 0.412. The van der Waals surface area contributed by atoms with Crippen molar-refractivity contribution in [2.45, 2.75) is 18.2 Å². The number of carbonyl (C=O) groups is 1. The van der Waals surface area contributed by atoms with Gasteiger partial charge in [0.2, 0.25) is 5.91 Å². The summed E-state index contributed by atoms with van der Waals surface area (Å²) >= 11 is 7.18. The van der Waals surface area contributed by atoms with Crippen molar-refractivity contribution < 1.29 is 13.2 Å². The Morgan fingerprint density at radius 1 is 1.30 bits per heavy atom. The van der Waals surface area contributed by atoms with Gasteiger partial charge in [-0.2, -0.15) is 0 Å². The third kappa shape index (κ3) is 4.78. The lowest BCUT2D eigenvalue weighted by molar-refractivity contribution is -0.131. The Hall–Kier alpha value is -1.68. The number of rotatable bonds is 5. The lowest BCUT2D eigenvalue weighted by Gasteiger charge is -2.32. The second kappa shape index (κ2) is 8.14. The predicted octanol–water partition coefficient (Wildman–Crippen LogP) is 2.22. The Bertz CT molecular complexity index is 937. The molecule has 1 saturated heterocycles. The van der Waals surface area contributed by atoms with Crippen LogP contribution in [0.15, 0.2) is 29.3 Å². The second-order valence-corrected chi connectivity index (χ2v) is 9.63. The van der Waals surface area contributed by atoms with Crippen LogP contribution in [0.2, 0.25) is 5.02 Å². The molecule has 3 rings (SSSR count). The van der Waals surface area contributed by atoms with Crippen LogP contribution in [0.3, 0.4) is 0 Å². The third-order valence-corrected chi connectivity index (χ3v) is 7.40. The van der Waals surface area contributed by atoms with Crippen LogP contribution in [0.25, 0.3) is 0 Å². The Morgan fingerprint density at radius 2 is 2.00 bits per heavy atom. The van der Waals surface area contributed by atoms with E-state index in [9.17, 15) is 13.2 Å². The summed E-state index contributed by atoms with van der Waals surface area (Å²) in [7, 11) is -1.76. The molecule has 1 N–H and O–H groups in total. The van der Waals surface area contributed by atoms with Gasteiger partial charge in [-0.05, 0) is 31.7 Å². The highest BCUT2D eigenvalue weighted by molar-refractivity contribution is 7.93. The smallest absolute Gasteiger partial charge is 0.263 e. The number of thiazole rings is 1. The molecule has 7 nitrogen and oxygen atoms in total. The number of anilines is 1. The third-order valence-electron chi connectivity index (χ3n) is 4.46. The number of likely N-dealkylation sites (N-methyl/N-ethyl adjacent to an activating group) is 1. The highest BCUT2D eigenvalue weighted by atomic mass is 35.5. The van der Waals surface area contributed by atoms with Gasteiger partial charge in [-0.25, -0.2) is 13.4 Å². The molecule has 146 valence electrons. The van der Waals surface area contributed by atoms with E-state index >= 15 is 0 Å². The molecule has 2 heterocycles. The topological polar surface area (TPSA) is 82.6 Å². The molecule has 1 aliphatic rings. The van der Waals surface area contributed by atoms with Crippen LogP contribution in [-0.2, 0) is 21.2 Å². The molecule has 0 atom stereocenters. The molecule has 0 saturated carbocycles. The van der Waals surface area contributed by atoms with Gasteiger partial charge in [0.05, 0.1) is 11.3 Å². The van der Waals surface area contributed by atoms with Crippen molar-refractivity contribution >= 4 is 44.0 Å². The number of hydrogen-bond donors (Lipinski definition) is 1. The van der Waals surface area contributed by atoms with Crippen LogP contribution in [0.4, 0.5) is 5.13 Å². The quantitative estimate of drug-likeness (QED) is 0.789. The monoisotopic (exact) mass is 428 g/mol. The first-order chi connectivity index (χ1) is 12.8. The molecule has 1 aromatic carbocycles. The molecule has 0 bridgehead atoms. The van der Waals surface area contributed by atoms with Crippen LogP contribution in [0.1, 0.15) is 10.4 Å². The molecule has 2 aromatic rings. The number of aromatic nitrogens is 1. The van der Waals surface area contributed by atoms with E-state index < -0.39 is 10.0 Å². The van der Waals surface area contributed by atoms with E-state index in [4.69, 9.17) is 11.6 Å². The number of carbonyl (C=O) groups excluding carboxylic acids is 1. The zero-order valence-electron chi connectivity index (χ0n) is 15.1. The molecule has 0 radical (unpaired) electrons. The van der Waals surface area contributed by atoms with Crippen molar-refractivity contribution in [1.82, 2.24) is 14.8 Å². The predicted molar refractivity (Wildman–Crippen MR) is 107 cm³/mol. The standard InChI is InChI=1S/C17H21ClN4O3S2/c1-12-14(18)4-3-5-15(12)27(24,25)20-17-19-11-13(26-17)10-16(23)22-8-6-21(2)7-9-22/h3-5,11H,6-10H2,1-2H3,(H,19,20). The van der Waals surface area contributed by atoms with Crippen molar-refractivity contribution in [3.05, 3.63) is 39.9 Å². The van der Waals surface area contributed by atoms with Crippen molar-refractivity contribution in [3.8, 4) is 0 Å². The van der Waals surface area contributed by atoms with Crippen LogP contribution in [-0.4, -0.2) is 62.3 Å². The average Bonchev–Trinajstić information content (AvgIpc) is 3.03. The zero-order valence-corrected chi connectivity index (χ0v) is 17.5. The van der Waals surface area contributed by atoms with Crippen LogP contribution >= 0.6 is 22.9 Å². The molecule has 1 fully saturated rings. The summed E-state index contributed by atoms with van der Waals surface area (Å²) in [6, 6.07) is 4.72. The first kappa shape index (κ1) is 20.1. The minimum atomic E-state index is -3.80. The first-order valence-corrected chi connectivity index (χ1v) is 11.1. The molecule has 0 unspecified atom stereocenters. The van der Waals surface area contributed by atoms with Gasteiger partial charge in [-0.3, -0.25) is 9.52 Å². The van der Waals surface area contributed by atoms with Gasteiger partial charge >= 0.3 is 0 Å². The molecule has 1 amide bonds. The van der Waals surface area contributed by atoms with Gasteiger partial charge in [0.15, 0.2) is 5.13 Å². The van der Waals surface area contributed by atoms with E-state index in [1.165, 1.54) is 17.4 Å². The Morgan fingerprint density at radius 3 is 2.70 bits per heavy atom. The first-order valence-electron chi connectivity index (χ1n) is 8.45. The SMILES string of the molecule is Cc1c(Cl)cccc1S(=O)(=O)Nc1ncc(CC(=O)N2CCN(C)CC2)s1. The molecular formula is C17H21ClN4O3S2. The number of nitrogens with one attached hydrogen (secondary N) is 1.